The van der Waals surface area contributed by atoms with E-state index in [9.17, 15) is 8.42 Å². The smallest absolute Gasteiger partial charge is 0.276 e. The Morgan fingerprint density at radius 3 is 2.53 bits per heavy atom. The molecular weight excluding hydrogens is 404 g/mol. The molecule has 1 aliphatic carbocycles. The van der Waals surface area contributed by atoms with Crippen molar-refractivity contribution in [1.29, 1.82) is 0 Å². The average molecular weight is 429 g/mol. The first-order chi connectivity index (χ1) is 14.5. The summed E-state index contributed by atoms with van der Waals surface area (Å²) in [5.41, 5.74) is 2.82. The first-order valence-electron chi connectivity index (χ1n) is 10.3. The maximum Gasteiger partial charge on any atom is 0.276 e. The fourth-order valence-corrected chi connectivity index (χ4v) is 5.29. The van der Waals surface area contributed by atoms with Crippen molar-refractivity contribution in [3.05, 3.63) is 48.0 Å². The standard InChI is InChI=1S/C21H24N4O4S/c1-15-5-2-3-8-18(15)24-9-11-25(12-10-24)30(26,27)19-13-17(14-28-19)21-23-22-20(29-21)16-6-4-7-16/h2-3,5,8,13-14,16H,4,6-7,9-12H2,1H3. The van der Waals surface area contributed by atoms with Crippen LogP contribution < -0.4 is 4.90 Å². The second-order valence-electron chi connectivity index (χ2n) is 7.91. The summed E-state index contributed by atoms with van der Waals surface area (Å²) in [6.07, 6.45) is 4.66. The van der Waals surface area contributed by atoms with Gasteiger partial charge in [-0.25, -0.2) is 8.42 Å². The number of nitrogens with zero attached hydrogens (tertiary/aromatic N) is 4. The summed E-state index contributed by atoms with van der Waals surface area (Å²) in [6, 6.07) is 9.62. The Morgan fingerprint density at radius 2 is 1.83 bits per heavy atom. The highest BCUT2D eigenvalue weighted by Gasteiger charge is 2.32. The van der Waals surface area contributed by atoms with Crippen molar-refractivity contribution in [2.45, 2.75) is 37.2 Å². The van der Waals surface area contributed by atoms with E-state index in [0.29, 0.717) is 49.4 Å². The van der Waals surface area contributed by atoms with Gasteiger partial charge in [-0.3, -0.25) is 0 Å². The van der Waals surface area contributed by atoms with E-state index in [4.69, 9.17) is 8.83 Å². The predicted molar refractivity (Wildman–Crippen MR) is 111 cm³/mol. The van der Waals surface area contributed by atoms with Gasteiger partial charge in [-0.1, -0.05) is 24.6 Å². The first-order valence-corrected chi connectivity index (χ1v) is 11.7. The molecule has 2 aromatic heterocycles. The summed E-state index contributed by atoms with van der Waals surface area (Å²) in [5.74, 6) is 1.24. The van der Waals surface area contributed by atoms with Gasteiger partial charge in [-0.05, 0) is 31.4 Å². The Morgan fingerprint density at radius 1 is 1.07 bits per heavy atom. The molecule has 158 valence electrons. The van der Waals surface area contributed by atoms with Gasteiger partial charge in [0, 0.05) is 43.9 Å². The normalized spacial score (nSPS) is 18.5. The van der Waals surface area contributed by atoms with Gasteiger partial charge in [-0.2, -0.15) is 4.31 Å². The number of aromatic nitrogens is 2. The molecule has 3 aromatic rings. The van der Waals surface area contributed by atoms with Crippen LogP contribution in [0.1, 0.15) is 36.6 Å². The van der Waals surface area contributed by atoms with E-state index in [-0.39, 0.29) is 5.09 Å². The highest BCUT2D eigenvalue weighted by molar-refractivity contribution is 7.89. The molecule has 30 heavy (non-hydrogen) atoms. The molecule has 0 radical (unpaired) electrons. The highest BCUT2D eigenvalue weighted by atomic mass is 32.2. The summed E-state index contributed by atoms with van der Waals surface area (Å²) in [4.78, 5) is 2.22. The Kier molecular flexibility index (Phi) is 4.86. The van der Waals surface area contributed by atoms with Gasteiger partial charge in [0.2, 0.25) is 11.0 Å². The van der Waals surface area contributed by atoms with Crippen molar-refractivity contribution >= 4 is 15.7 Å². The zero-order chi connectivity index (χ0) is 20.7. The van der Waals surface area contributed by atoms with E-state index < -0.39 is 10.0 Å². The van der Waals surface area contributed by atoms with Crippen LogP contribution >= 0.6 is 0 Å². The van der Waals surface area contributed by atoms with Gasteiger partial charge < -0.3 is 13.7 Å². The zero-order valence-electron chi connectivity index (χ0n) is 16.8. The van der Waals surface area contributed by atoms with E-state index in [1.54, 1.807) is 0 Å². The van der Waals surface area contributed by atoms with Gasteiger partial charge in [0.05, 0.1) is 5.56 Å². The fourth-order valence-electron chi connectivity index (χ4n) is 3.95. The average Bonchev–Trinajstić information content (AvgIpc) is 3.37. The minimum absolute atomic E-state index is 0.0924. The third-order valence-corrected chi connectivity index (χ3v) is 7.77. The molecule has 2 fully saturated rings. The van der Waals surface area contributed by atoms with Crippen LogP contribution in [0.25, 0.3) is 11.5 Å². The molecule has 3 heterocycles. The van der Waals surface area contributed by atoms with E-state index in [1.807, 2.05) is 12.1 Å². The lowest BCUT2D eigenvalue weighted by molar-refractivity contribution is 0.338. The molecule has 1 saturated carbocycles. The molecule has 1 saturated heterocycles. The number of piperazine rings is 1. The number of para-hydroxylation sites is 1. The van der Waals surface area contributed by atoms with Gasteiger partial charge in [0.25, 0.3) is 15.9 Å². The van der Waals surface area contributed by atoms with Crippen LogP contribution in [0.5, 0.6) is 0 Å². The third-order valence-electron chi connectivity index (χ3n) is 6.01. The van der Waals surface area contributed by atoms with E-state index in [0.717, 1.165) is 18.5 Å². The Bertz CT molecular complexity index is 1140. The quantitative estimate of drug-likeness (QED) is 0.615. The van der Waals surface area contributed by atoms with Crippen molar-refractivity contribution in [3.8, 4) is 11.5 Å². The van der Waals surface area contributed by atoms with Crippen molar-refractivity contribution < 1.29 is 17.3 Å². The lowest BCUT2D eigenvalue weighted by atomic mass is 9.85. The third kappa shape index (κ3) is 3.41. The van der Waals surface area contributed by atoms with Gasteiger partial charge >= 0.3 is 0 Å². The fraction of sp³-hybridized carbons (Fsp3) is 0.429. The van der Waals surface area contributed by atoms with Crippen LogP contribution in [-0.4, -0.2) is 49.1 Å². The minimum atomic E-state index is -3.72. The summed E-state index contributed by atoms with van der Waals surface area (Å²) in [6.45, 7) is 4.13. The molecule has 0 unspecified atom stereocenters. The molecule has 5 rings (SSSR count). The highest BCUT2D eigenvalue weighted by Crippen LogP contribution is 2.37. The molecule has 0 atom stereocenters. The van der Waals surface area contributed by atoms with Crippen LogP contribution in [0.3, 0.4) is 0 Å². The number of sulfonamides is 1. The predicted octanol–water partition coefficient (Wildman–Crippen LogP) is 3.42. The molecule has 8 nitrogen and oxygen atoms in total. The lowest BCUT2D eigenvalue weighted by Gasteiger charge is -2.35. The summed E-state index contributed by atoms with van der Waals surface area (Å²) in [7, 11) is -3.72. The molecule has 0 amide bonds. The first kappa shape index (κ1) is 19.3. The number of furan rings is 1. The monoisotopic (exact) mass is 428 g/mol. The lowest BCUT2D eigenvalue weighted by Crippen LogP contribution is -2.48. The van der Waals surface area contributed by atoms with Crippen molar-refractivity contribution in [3.63, 3.8) is 0 Å². The van der Waals surface area contributed by atoms with Crippen LogP contribution in [-0.2, 0) is 10.0 Å². The molecule has 0 N–H and O–H groups in total. The van der Waals surface area contributed by atoms with Crippen LogP contribution in [0.4, 0.5) is 5.69 Å². The largest absolute Gasteiger partial charge is 0.451 e. The molecule has 0 bridgehead atoms. The second kappa shape index (κ2) is 7.55. The molecule has 0 spiro atoms. The summed E-state index contributed by atoms with van der Waals surface area (Å²) in [5, 5.41) is 8.06. The Labute approximate surface area is 175 Å². The van der Waals surface area contributed by atoms with E-state index in [1.165, 1.54) is 28.6 Å². The Balaban J connectivity index is 1.29. The number of rotatable bonds is 5. The minimum Gasteiger partial charge on any atom is -0.451 e. The summed E-state index contributed by atoms with van der Waals surface area (Å²) >= 11 is 0. The van der Waals surface area contributed by atoms with Gasteiger partial charge in [0.15, 0.2) is 0 Å². The SMILES string of the molecule is Cc1ccccc1N1CCN(S(=O)(=O)c2cc(-c3nnc(C4CCC4)o3)co2)CC1. The number of benzene rings is 1. The number of hydrogen-bond acceptors (Lipinski definition) is 7. The van der Waals surface area contributed by atoms with Crippen molar-refractivity contribution in [2.24, 2.45) is 0 Å². The molecule has 1 aromatic carbocycles. The molecule has 9 heteroatoms. The van der Waals surface area contributed by atoms with Crippen molar-refractivity contribution in [2.75, 3.05) is 31.1 Å². The van der Waals surface area contributed by atoms with E-state index in [2.05, 4.69) is 34.2 Å². The van der Waals surface area contributed by atoms with Crippen molar-refractivity contribution in [1.82, 2.24) is 14.5 Å². The maximum atomic E-state index is 13.1. The zero-order valence-corrected chi connectivity index (χ0v) is 17.6. The molecular formula is C21H24N4O4S. The van der Waals surface area contributed by atoms with Gasteiger partial charge in [-0.15, -0.1) is 10.2 Å². The number of aryl methyl sites for hydroxylation is 1. The van der Waals surface area contributed by atoms with E-state index >= 15 is 0 Å². The topological polar surface area (TPSA) is 92.7 Å². The van der Waals surface area contributed by atoms with Gasteiger partial charge in [0.1, 0.15) is 6.26 Å². The maximum absolute atomic E-state index is 13.1. The Hall–Kier alpha value is -2.65. The second-order valence-corrected chi connectivity index (χ2v) is 9.77. The van der Waals surface area contributed by atoms with Crippen LogP contribution in [0, 0.1) is 6.92 Å². The number of anilines is 1. The number of hydrogen-bond donors (Lipinski definition) is 0. The van der Waals surface area contributed by atoms with Crippen LogP contribution in [0.15, 0.2) is 50.5 Å². The molecule has 1 aliphatic heterocycles. The summed E-state index contributed by atoms with van der Waals surface area (Å²) < 4.78 is 38.7. The van der Waals surface area contributed by atoms with Crippen LogP contribution in [0.2, 0.25) is 0 Å². The molecule has 2 aliphatic rings.